The molecule has 5 nitrogen and oxygen atoms in total. The molecule has 0 radical (unpaired) electrons. The molecule has 2 aromatic rings. The Hall–Kier alpha value is -2.56. The average Bonchev–Trinajstić information content (AvgIpc) is 3.38. The highest BCUT2D eigenvalue weighted by molar-refractivity contribution is 5.94. The van der Waals surface area contributed by atoms with Gasteiger partial charge >= 0.3 is 0 Å². The van der Waals surface area contributed by atoms with Crippen molar-refractivity contribution in [1.82, 2.24) is 9.80 Å². The minimum atomic E-state index is -0.00606. The summed E-state index contributed by atoms with van der Waals surface area (Å²) in [7, 11) is 0. The minimum absolute atomic E-state index is 0.00606. The van der Waals surface area contributed by atoms with Crippen LogP contribution in [0.5, 0.6) is 0 Å². The van der Waals surface area contributed by atoms with E-state index in [0.717, 1.165) is 25.7 Å². The van der Waals surface area contributed by atoms with Crippen molar-refractivity contribution in [3.8, 4) is 0 Å². The second kappa shape index (κ2) is 7.59. The highest BCUT2D eigenvalue weighted by Gasteiger charge is 2.37. The summed E-state index contributed by atoms with van der Waals surface area (Å²) in [6.07, 6.45) is 6.68. The number of hydrogen-bond donors (Lipinski definition) is 0. The molecule has 0 bridgehead atoms. The van der Waals surface area contributed by atoms with Gasteiger partial charge in [0.2, 0.25) is 5.91 Å². The van der Waals surface area contributed by atoms with E-state index in [9.17, 15) is 9.59 Å². The van der Waals surface area contributed by atoms with Gasteiger partial charge in [0.25, 0.3) is 5.91 Å². The van der Waals surface area contributed by atoms with E-state index in [0.29, 0.717) is 31.2 Å². The lowest BCUT2D eigenvalue weighted by Gasteiger charge is -2.34. The number of hydrogen-bond acceptors (Lipinski definition) is 3. The van der Waals surface area contributed by atoms with Crippen molar-refractivity contribution in [2.45, 2.75) is 45.2 Å². The summed E-state index contributed by atoms with van der Waals surface area (Å²) in [6, 6.07) is 10.5. The molecule has 2 heterocycles. The number of benzene rings is 1. The molecule has 2 fully saturated rings. The van der Waals surface area contributed by atoms with Crippen LogP contribution in [0.15, 0.2) is 47.3 Å². The quantitative estimate of drug-likeness (QED) is 0.812. The number of amides is 2. The van der Waals surface area contributed by atoms with E-state index in [2.05, 4.69) is 36.1 Å². The summed E-state index contributed by atoms with van der Waals surface area (Å²) in [4.78, 5) is 29.5. The molecule has 1 aliphatic heterocycles. The van der Waals surface area contributed by atoms with Crippen molar-refractivity contribution >= 4 is 11.8 Å². The first kappa shape index (κ1) is 17.8. The Bertz CT molecular complexity index is 803. The molecular weight excluding hydrogens is 340 g/mol. The van der Waals surface area contributed by atoms with Crippen LogP contribution in [0.2, 0.25) is 0 Å². The van der Waals surface area contributed by atoms with Gasteiger partial charge < -0.3 is 14.2 Å². The van der Waals surface area contributed by atoms with Crippen molar-refractivity contribution in [3.63, 3.8) is 0 Å². The second-order valence-corrected chi connectivity index (χ2v) is 7.76. The van der Waals surface area contributed by atoms with Crippen molar-refractivity contribution in [3.05, 3.63) is 59.5 Å². The number of furan rings is 1. The topological polar surface area (TPSA) is 53.8 Å². The zero-order valence-corrected chi connectivity index (χ0v) is 15.8. The van der Waals surface area contributed by atoms with Gasteiger partial charge in [0.15, 0.2) is 0 Å². The molecule has 27 heavy (non-hydrogen) atoms. The molecular formula is C22H26N2O3. The summed E-state index contributed by atoms with van der Waals surface area (Å²) in [5.41, 5.74) is 3.00. The Morgan fingerprint density at radius 1 is 1.15 bits per heavy atom. The van der Waals surface area contributed by atoms with Gasteiger partial charge in [0.1, 0.15) is 6.26 Å². The van der Waals surface area contributed by atoms with Crippen LogP contribution in [-0.2, 0) is 11.3 Å². The summed E-state index contributed by atoms with van der Waals surface area (Å²) in [6.45, 7) is 4.03. The average molecular weight is 366 g/mol. The smallest absolute Gasteiger partial charge is 0.257 e. The van der Waals surface area contributed by atoms with Crippen LogP contribution < -0.4 is 0 Å². The molecule has 1 saturated heterocycles. The summed E-state index contributed by atoms with van der Waals surface area (Å²) >= 11 is 0. The summed E-state index contributed by atoms with van der Waals surface area (Å²) in [5.74, 6) is 0.270. The Balaban J connectivity index is 1.38. The maximum atomic E-state index is 13.2. The Kier molecular flexibility index (Phi) is 5.01. The lowest BCUT2D eigenvalue weighted by atomic mass is 9.94. The van der Waals surface area contributed by atoms with Crippen molar-refractivity contribution in [2.75, 3.05) is 13.1 Å². The number of carbonyl (C=O) groups is 2. The summed E-state index contributed by atoms with van der Waals surface area (Å²) < 4.78 is 5.01. The molecule has 1 aromatic heterocycles. The first-order valence-corrected chi connectivity index (χ1v) is 9.79. The fraction of sp³-hybridized carbons (Fsp3) is 0.455. The van der Waals surface area contributed by atoms with E-state index < -0.39 is 0 Å². The van der Waals surface area contributed by atoms with Gasteiger partial charge in [-0.25, -0.2) is 0 Å². The zero-order chi connectivity index (χ0) is 18.8. The molecule has 142 valence electrons. The van der Waals surface area contributed by atoms with E-state index in [-0.39, 0.29) is 17.7 Å². The Morgan fingerprint density at radius 3 is 2.56 bits per heavy atom. The van der Waals surface area contributed by atoms with Gasteiger partial charge in [-0.2, -0.15) is 0 Å². The molecule has 1 aliphatic carbocycles. The molecule has 4 rings (SSSR count). The number of piperidine rings is 1. The minimum Gasteiger partial charge on any atom is -0.472 e. The SMILES string of the molecule is Cc1cccc(CN(C(=O)C2CCN(C(=O)c3ccoc3)CC2)C2CC2)c1. The van der Waals surface area contributed by atoms with Gasteiger partial charge in [-0.15, -0.1) is 0 Å². The van der Waals surface area contributed by atoms with E-state index in [4.69, 9.17) is 4.42 Å². The molecule has 0 atom stereocenters. The second-order valence-electron chi connectivity index (χ2n) is 7.76. The number of aryl methyl sites for hydroxylation is 1. The third-order valence-electron chi connectivity index (χ3n) is 5.61. The first-order valence-electron chi connectivity index (χ1n) is 9.79. The monoisotopic (exact) mass is 366 g/mol. The molecule has 5 heteroatoms. The lowest BCUT2D eigenvalue weighted by Crippen LogP contribution is -2.44. The van der Waals surface area contributed by atoms with E-state index >= 15 is 0 Å². The molecule has 2 aliphatic rings. The fourth-order valence-electron chi connectivity index (χ4n) is 3.91. The van der Waals surface area contributed by atoms with Gasteiger partial charge in [-0.1, -0.05) is 29.8 Å². The molecule has 0 N–H and O–H groups in total. The maximum absolute atomic E-state index is 13.2. The molecule has 1 aromatic carbocycles. The normalized spacial score (nSPS) is 17.7. The van der Waals surface area contributed by atoms with Crippen molar-refractivity contribution in [2.24, 2.45) is 5.92 Å². The molecule has 0 spiro atoms. The highest BCUT2D eigenvalue weighted by Crippen LogP contribution is 2.32. The number of likely N-dealkylation sites (tertiary alicyclic amines) is 1. The third kappa shape index (κ3) is 4.07. The van der Waals surface area contributed by atoms with E-state index in [1.807, 2.05) is 4.90 Å². The van der Waals surface area contributed by atoms with Gasteiger partial charge in [0, 0.05) is 31.6 Å². The van der Waals surface area contributed by atoms with Gasteiger partial charge in [-0.05, 0) is 44.2 Å². The standard InChI is InChI=1S/C22H26N2O3/c1-16-3-2-4-17(13-16)14-24(20-5-6-20)22(26)18-7-10-23(11-8-18)21(25)19-9-12-27-15-19/h2-4,9,12-13,15,18,20H,5-8,10-11,14H2,1H3. The van der Waals surface area contributed by atoms with E-state index in [1.54, 1.807) is 6.07 Å². The molecule has 0 unspecified atom stereocenters. The zero-order valence-electron chi connectivity index (χ0n) is 15.8. The fourth-order valence-corrected chi connectivity index (χ4v) is 3.91. The third-order valence-corrected chi connectivity index (χ3v) is 5.61. The van der Waals surface area contributed by atoms with Crippen molar-refractivity contribution in [1.29, 1.82) is 0 Å². The first-order chi connectivity index (χ1) is 13.1. The van der Waals surface area contributed by atoms with Crippen LogP contribution in [0.1, 0.15) is 47.2 Å². The molecule has 1 saturated carbocycles. The number of rotatable bonds is 5. The van der Waals surface area contributed by atoms with Crippen LogP contribution in [0, 0.1) is 12.8 Å². The highest BCUT2D eigenvalue weighted by atomic mass is 16.3. The van der Waals surface area contributed by atoms with Crippen LogP contribution in [-0.4, -0.2) is 40.7 Å². The van der Waals surface area contributed by atoms with Crippen molar-refractivity contribution < 1.29 is 14.0 Å². The Labute approximate surface area is 159 Å². The predicted molar refractivity (Wildman–Crippen MR) is 102 cm³/mol. The van der Waals surface area contributed by atoms with Gasteiger partial charge in [0.05, 0.1) is 11.8 Å². The predicted octanol–water partition coefficient (Wildman–Crippen LogP) is 3.63. The van der Waals surface area contributed by atoms with Crippen LogP contribution >= 0.6 is 0 Å². The van der Waals surface area contributed by atoms with Crippen LogP contribution in [0.4, 0.5) is 0 Å². The van der Waals surface area contributed by atoms with Crippen LogP contribution in [0.3, 0.4) is 0 Å². The van der Waals surface area contributed by atoms with Gasteiger partial charge in [-0.3, -0.25) is 9.59 Å². The number of nitrogens with zero attached hydrogens (tertiary/aromatic N) is 2. The largest absolute Gasteiger partial charge is 0.472 e. The maximum Gasteiger partial charge on any atom is 0.257 e. The lowest BCUT2D eigenvalue weighted by molar-refractivity contribution is -0.138. The number of carbonyl (C=O) groups excluding carboxylic acids is 2. The summed E-state index contributed by atoms with van der Waals surface area (Å²) in [5, 5.41) is 0. The van der Waals surface area contributed by atoms with E-state index in [1.165, 1.54) is 23.7 Å². The Morgan fingerprint density at radius 2 is 1.93 bits per heavy atom. The van der Waals surface area contributed by atoms with Crippen LogP contribution in [0.25, 0.3) is 0 Å². The molecule has 2 amide bonds.